The zero-order valence-corrected chi connectivity index (χ0v) is 7.79. The Kier molecular flexibility index (Phi) is 3.10. The molecule has 0 aliphatic rings. The van der Waals surface area contributed by atoms with Crippen molar-refractivity contribution in [3.8, 4) is 0 Å². The van der Waals surface area contributed by atoms with E-state index in [2.05, 4.69) is 10.3 Å². The SMILES string of the molecule is CNCCc1coc(N(C)C)n1. The molecule has 0 aliphatic heterocycles. The molecule has 0 saturated carbocycles. The van der Waals surface area contributed by atoms with Crippen LogP contribution in [0.3, 0.4) is 0 Å². The number of aromatic nitrogens is 1. The van der Waals surface area contributed by atoms with Gasteiger partial charge in [0.1, 0.15) is 6.26 Å². The third-order valence-corrected chi connectivity index (χ3v) is 1.55. The van der Waals surface area contributed by atoms with Crippen molar-refractivity contribution >= 4 is 6.01 Å². The van der Waals surface area contributed by atoms with E-state index in [9.17, 15) is 0 Å². The second kappa shape index (κ2) is 4.11. The molecule has 68 valence electrons. The summed E-state index contributed by atoms with van der Waals surface area (Å²) < 4.78 is 5.21. The number of hydrogen-bond acceptors (Lipinski definition) is 4. The van der Waals surface area contributed by atoms with Crippen molar-refractivity contribution in [2.75, 3.05) is 32.6 Å². The van der Waals surface area contributed by atoms with Gasteiger partial charge in [-0.1, -0.05) is 0 Å². The maximum atomic E-state index is 5.21. The van der Waals surface area contributed by atoms with Crippen molar-refractivity contribution in [3.63, 3.8) is 0 Å². The van der Waals surface area contributed by atoms with E-state index in [0.29, 0.717) is 6.01 Å². The zero-order chi connectivity index (χ0) is 8.97. The lowest BCUT2D eigenvalue weighted by Crippen LogP contribution is -2.11. The van der Waals surface area contributed by atoms with Crippen molar-refractivity contribution in [3.05, 3.63) is 12.0 Å². The van der Waals surface area contributed by atoms with Crippen LogP contribution < -0.4 is 10.2 Å². The number of likely N-dealkylation sites (N-methyl/N-ethyl adjacent to an activating group) is 1. The minimum Gasteiger partial charge on any atom is -0.432 e. The summed E-state index contributed by atoms with van der Waals surface area (Å²) >= 11 is 0. The van der Waals surface area contributed by atoms with Crippen LogP contribution in [0.1, 0.15) is 5.69 Å². The molecule has 4 heteroatoms. The molecule has 0 atom stereocenters. The summed E-state index contributed by atoms with van der Waals surface area (Å²) in [5, 5.41) is 3.06. The van der Waals surface area contributed by atoms with Gasteiger partial charge in [0, 0.05) is 27.1 Å². The van der Waals surface area contributed by atoms with Crippen LogP contribution in [0.25, 0.3) is 0 Å². The Hall–Kier alpha value is -1.03. The lowest BCUT2D eigenvalue weighted by Gasteiger charge is -2.03. The van der Waals surface area contributed by atoms with Crippen LogP contribution in [-0.4, -0.2) is 32.7 Å². The minimum atomic E-state index is 0.668. The predicted octanol–water partition coefficient (Wildman–Crippen LogP) is 0.502. The van der Waals surface area contributed by atoms with Crippen molar-refractivity contribution < 1.29 is 4.42 Å². The van der Waals surface area contributed by atoms with Gasteiger partial charge in [-0.25, -0.2) is 0 Å². The van der Waals surface area contributed by atoms with Crippen molar-refractivity contribution in [2.45, 2.75) is 6.42 Å². The third-order valence-electron chi connectivity index (χ3n) is 1.55. The fourth-order valence-electron chi connectivity index (χ4n) is 0.870. The van der Waals surface area contributed by atoms with E-state index in [-0.39, 0.29) is 0 Å². The summed E-state index contributed by atoms with van der Waals surface area (Å²) in [6, 6.07) is 0.668. The van der Waals surface area contributed by atoms with Gasteiger partial charge in [0.15, 0.2) is 0 Å². The predicted molar refractivity (Wildman–Crippen MR) is 48.5 cm³/mol. The first-order chi connectivity index (χ1) is 5.74. The Morgan fingerprint density at radius 3 is 2.83 bits per heavy atom. The van der Waals surface area contributed by atoms with Crippen LogP contribution in [0.2, 0.25) is 0 Å². The Morgan fingerprint density at radius 2 is 2.33 bits per heavy atom. The fraction of sp³-hybridized carbons (Fsp3) is 0.625. The number of nitrogens with one attached hydrogen (secondary N) is 1. The summed E-state index contributed by atoms with van der Waals surface area (Å²) in [7, 11) is 5.74. The summed E-state index contributed by atoms with van der Waals surface area (Å²) in [5.74, 6) is 0. The highest BCUT2D eigenvalue weighted by Gasteiger charge is 2.03. The lowest BCUT2D eigenvalue weighted by molar-refractivity contribution is 0.554. The Morgan fingerprint density at radius 1 is 1.58 bits per heavy atom. The highest BCUT2D eigenvalue weighted by atomic mass is 16.4. The molecule has 0 amide bonds. The molecule has 12 heavy (non-hydrogen) atoms. The number of nitrogens with zero attached hydrogens (tertiary/aromatic N) is 2. The van der Waals surface area contributed by atoms with Gasteiger partial charge < -0.3 is 14.6 Å². The van der Waals surface area contributed by atoms with Gasteiger partial charge in [-0.3, -0.25) is 0 Å². The molecular formula is C8H15N3O. The molecule has 0 unspecified atom stereocenters. The minimum absolute atomic E-state index is 0.668. The first-order valence-electron chi connectivity index (χ1n) is 4.00. The molecule has 1 heterocycles. The first-order valence-corrected chi connectivity index (χ1v) is 4.00. The van der Waals surface area contributed by atoms with Gasteiger partial charge in [0.25, 0.3) is 6.01 Å². The van der Waals surface area contributed by atoms with E-state index in [1.54, 1.807) is 6.26 Å². The summed E-state index contributed by atoms with van der Waals surface area (Å²) in [6.45, 7) is 0.930. The third kappa shape index (κ3) is 2.23. The molecule has 1 rings (SSSR count). The van der Waals surface area contributed by atoms with E-state index in [1.807, 2.05) is 26.0 Å². The molecule has 1 N–H and O–H groups in total. The monoisotopic (exact) mass is 169 g/mol. The van der Waals surface area contributed by atoms with E-state index in [0.717, 1.165) is 18.7 Å². The summed E-state index contributed by atoms with van der Waals surface area (Å²) in [5.41, 5.74) is 0.994. The van der Waals surface area contributed by atoms with Gasteiger partial charge in [-0.15, -0.1) is 0 Å². The highest BCUT2D eigenvalue weighted by Crippen LogP contribution is 2.09. The van der Waals surface area contributed by atoms with Crippen LogP contribution in [0.4, 0.5) is 6.01 Å². The Bertz CT molecular complexity index is 232. The normalized spacial score (nSPS) is 10.2. The quantitative estimate of drug-likeness (QED) is 0.712. The maximum absolute atomic E-state index is 5.21. The first kappa shape index (κ1) is 9.06. The van der Waals surface area contributed by atoms with Crippen molar-refractivity contribution in [1.29, 1.82) is 0 Å². The second-order valence-corrected chi connectivity index (χ2v) is 2.87. The molecule has 0 saturated heterocycles. The number of oxazole rings is 1. The maximum Gasteiger partial charge on any atom is 0.296 e. The molecule has 0 spiro atoms. The van der Waals surface area contributed by atoms with Crippen LogP contribution in [-0.2, 0) is 6.42 Å². The average Bonchev–Trinajstić information content (AvgIpc) is 2.48. The van der Waals surface area contributed by atoms with Gasteiger partial charge in [0.05, 0.1) is 5.69 Å². The largest absolute Gasteiger partial charge is 0.432 e. The van der Waals surface area contributed by atoms with Crippen LogP contribution in [0, 0.1) is 0 Å². The molecular weight excluding hydrogens is 154 g/mol. The van der Waals surface area contributed by atoms with Crippen molar-refractivity contribution in [1.82, 2.24) is 10.3 Å². The molecule has 0 bridgehead atoms. The highest BCUT2D eigenvalue weighted by molar-refractivity contribution is 5.23. The van der Waals surface area contributed by atoms with E-state index >= 15 is 0 Å². The van der Waals surface area contributed by atoms with Crippen LogP contribution in [0.15, 0.2) is 10.7 Å². The van der Waals surface area contributed by atoms with Crippen LogP contribution >= 0.6 is 0 Å². The fourth-order valence-corrected chi connectivity index (χ4v) is 0.870. The van der Waals surface area contributed by atoms with E-state index in [4.69, 9.17) is 4.42 Å². The number of hydrogen-bond donors (Lipinski definition) is 1. The number of anilines is 1. The molecule has 0 radical (unpaired) electrons. The molecule has 0 aliphatic carbocycles. The van der Waals surface area contributed by atoms with E-state index < -0.39 is 0 Å². The standard InChI is InChI=1S/C8H15N3O/c1-9-5-4-7-6-12-8(10-7)11(2)3/h6,9H,4-5H2,1-3H3. The van der Waals surface area contributed by atoms with Gasteiger partial charge in [0.2, 0.25) is 0 Å². The molecule has 1 aromatic rings. The van der Waals surface area contributed by atoms with Gasteiger partial charge >= 0.3 is 0 Å². The summed E-state index contributed by atoms with van der Waals surface area (Å²) in [6.07, 6.45) is 2.61. The van der Waals surface area contributed by atoms with E-state index in [1.165, 1.54) is 0 Å². The lowest BCUT2D eigenvalue weighted by atomic mass is 10.3. The smallest absolute Gasteiger partial charge is 0.296 e. The Balaban J connectivity index is 2.52. The van der Waals surface area contributed by atoms with Gasteiger partial charge in [-0.2, -0.15) is 4.98 Å². The molecule has 4 nitrogen and oxygen atoms in total. The van der Waals surface area contributed by atoms with Gasteiger partial charge in [-0.05, 0) is 7.05 Å². The zero-order valence-electron chi connectivity index (χ0n) is 7.79. The van der Waals surface area contributed by atoms with Crippen LogP contribution in [0.5, 0.6) is 0 Å². The second-order valence-electron chi connectivity index (χ2n) is 2.87. The van der Waals surface area contributed by atoms with Crippen molar-refractivity contribution in [2.24, 2.45) is 0 Å². The molecule has 1 aromatic heterocycles. The average molecular weight is 169 g/mol. The molecule has 0 fully saturated rings. The molecule has 0 aromatic carbocycles. The topological polar surface area (TPSA) is 41.3 Å². The number of rotatable bonds is 4. The summed E-state index contributed by atoms with van der Waals surface area (Å²) in [4.78, 5) is 6.12. The Labute approximate surface area is 72.6 Å².